The van der Waals surface area contributed by atoms with Gasteiger partial charge in [0.1, 0.15) is 5.58 Å². The standard InChI is InChI=1S/C44H26N4O/c1-2-9-32-25-33(21-16-27(32)7-1)28-14-19-31(20-15-28)41-46-42(34-22-23-39-38(26-34)36-13-6-24-45-44(36)49-39)48-43(47-41)37-12-5-10-30-18-17-29-8-3-4-11-35(29)40(30)37/h1-26H. The second kappa shape index (κ2) is 10.9. The van der Waals surface area contributed by atoms with Gasteiger partial charge in [-0.1, -0.05) is 115 Å². The van der Waals surface area contributed by atoms with Crippen molar-refractivity contribution in [2.75, 3.05) is 0 Å². The topological polar surface area (TPSA) is 64.7 Å². The lowest BCUT2D eigenvalue weighted by Crippen LogP contribution is -2.00. The number of benzene rings is 7. The highest BCUT2D eigenvalue weighted by Crippen LogP contribution is 2.36. The summed E-state index contributed by atoms with van der Waals surface area (Å²) in [5, 5.41) is 8.98. The predicted octanol–water partition coefficient (Wildman–Crippen LogP) is 11.3. The van der Waals surface area contributed by atoms with Crippen molar-refractivity contribution in [1.29, 1.82) is 0 Å². The Morgan fingerprint density at radius 3 is 1.94 bits per heavy atom. The zero-order chi connectivity index (χ0) is 32.3. The van der Waals surface area contributed by atoms with Gasteiger partial charge in [-0.3, -0.25) is 0 Å². The second-order valence-corrected chi connectivity index (χ2v) is 12.3. The van der Waals surface area contributed by atoms with Crippen molar-refractivity contribution in [3.8, 4) is 45.3 Å². The summed E-state index contributed by atoms with van der Waals surface area (Å²) in [7, 11) is 0. The Bertz CT molecular complexity index is 2890. The molecule has 0 saturated heterocycles. The number of hydrogen-bond acceptors (Lipinski definition) is 5. The molecule has 0 aliphatic heterocycles. The van der Waals surface area contributed by atoms with E-state index in [0.717, 1.165) is 54.8 Å². The third-order valence-corrected chi connectivity index (χ3v) is 9.38. The molecule has 7 aromatic carbocycles. The molecule has 0 amide bonds. The number of furan rings is 1. The van der Waals surface area contributed by atoms with Gasteiger partial charge in [0, 0.05) is 39.0 Å². The first kappa shape index (κ1) is 27.4. The highest BCUT2D eigenvalue weighted by atomic mass is 16.3. The first-order valence-electron chi connectivity index (χ1n) is 16.3. The van der Waals surface area contributed by atoms with Gasteiger partial charge in [0.2, 0.25) is 5.71 Å². The van der Waals surface area contributed by atoms with Crippen molar-refractivity contribution in [3.63, 3.8) is 0 Å². The van der Waals surface area contributed by atoms with E-state index in [1.807, 2.05) is 24.3 Å². The van der Waals surface area contributed by atoms with Crippen LogP contribution in [-0.2, 0) is 0 Å². The van der Waals surface area contributed by atoms with E-state index in [0.29, 0.717) is 23.2 Å². The molecule has 3 heterocycles. The van der Waals surface area contributed by atoms with Gasteiger partial charge in [-0.05, 0) is 74.5 Å². The molecule has 49 heavy (non-hydrogen) atoms. The summed E-state index contributed by atoms with van der Waals surface area (Å²) in [6.45, 7) is 0. The third kappa shape index (κ3) is 4.63. The number of hydrogen-bond donors (Lipinski definition) is 0. The molecule has 0 atom stereocenters. The molecule has 0 N–H and O–H groups in total. The summed E-state index contributed by atoms with van der Waals surface area (Å²) in [6, 6.07) is 52.7. The van der Waals surface area contributed by atoms with E-state index >= 15 is 0 Å². The summed E-state index contributed by atoms with van der Waals surface area (Å²) in [5.74, 6) is 1.83. The van der Waals surface area contributed by atoms with Crippen LogP contribution < -0.4 is 0 Å². The smallest absolute Gasteiger partial charge is 0.227 e. The number of fused-ring (bicyclic) bond motifs is 7. The average Bonchev–Trinajstić information content (AvgIpc) is 3.55. The zero-order valence-corrected chi connectivity index (χ0v) is 26.2. The molecule has 10 aromatic rings. The maximum absolute atomic E-state index is 6.03. The van der Waals surface area contributed by atoms with Crippen molar-refractivity contribution in [2.24, 2.45) is 0 Å². The van der Waals surface area contributed by atoms with Crippen LogP contribution in [0, 0.1) is 0 Å². The summed E-state index contributed by atoms with van der Waals surface area (Å²) < 4.78 is 6.03. The molecule has 0 saturated carbocycles. The molecule has 0 spiro atoms. The van der Waals surface area contributed by atoms with Crippen LogP contribution in [0.1, 0.15) is 0 Å². The number of rotatable bonds is 4. The van der Waals surface area contributed by atoms with Crippen molar-refractivity contribution in [2.45, 2.75) is 0 Å². The maximum Gasteiger partial charge on any atom is 0.227 e. The minimum atomic E-state index is 0.594. The Morgan fingerprint density at radius 1 is 0.388 bits per heavy atom. The minimum Gasteiger partial charge on any atom is -0.438 e. The van der Waals surface area contributed by atoms with Crippen molar-refractivity contribution < 1.29 is 4.42 Å². The van der Waals surface area contributed by atoms with Crippen LogP contribution in [0.5, 0.6) is 0 Å². The van der Waals surface area contributed by atoms with Crippen LogP contribution >= 0.6 is 0 Å². The SMILES string of the molecule is c1ccc2cc(-c3ccc(-c4nc(-c5ccc6oc7ncccc7c6c5)nc(-c5cccc6ccc7ccccc7c56)n4)cc3)ccc2c1. The van der Waals surface area contributed by atoms with Crippen LogP contribution in [0.2, 0.25) is 0 Å². The van der Waals surface area contributed by atoms with E-state index < -0.39 is 0 Å². The summed E-state index contributed by atoms with van der Waals surface area (Å²) in [5.41, 5.74) is 6.44. The fraction of sp³-hybridized carbons (Fsp3) is 0. The molecule has 0 unspecified atom stereocenters. The Labute approximate surface area is 281 Å². The van der Waals surface area contributed by atoms with Gasteiger partial charge in [-0.25, -0.2) is 19.9 Å². The average molecular weight is 627 g/mol. The molecule has 0 bridgehead atoms. The van der Waals surface area contributed by atoms with E-state index in [4.69, 9.17) is 19.4 Å². The van der Waals surface area contributed by atoms with Gasteiger partial charge < -0.3 is 4.42 Å². The summed E-state index contributed by atoms with van der Waals surface area (Å²) >= 11 is 0. The number of pyridine rings is 1. The molecule has 0 aliphatic rings. The van der Waals surface area contributed by atoms with E-state index in [1.54, 1.807) is 6.20 Å². The third-order valence-electron chi connectivity index (χ3n) is 9.38. The molecular weight excluding hydrogens is 601 g/mol. The summed E-state index contributed by atoms with van der Waals surface area (Å²) in [4.78, 5) is 19.8. The molecule has 5 nitrogen and oxygen atoms in total. The largest absolute Gasteiger partial charge is 0.438 e. The molecule has 0 aliphatic carbocycles. The van der Waals surface area contributed by atoms with E-state index in [2.05, 4.69) is 132 Å². The quantitative estimate of drug-likeness (QED) is 0.182. The normalized spacial score (nSPS) is 11.7. The fourth-order valence-corrected chi connectivity index (χ4v) is 6.93. The van der Waals surface area contributed by atoms with Crippen molar-refractivity contribution in [3.05, 3.63) is 158 Å². The van der Waals surface area contributed by atoms with Crippen molar-refractivity contribution in [1.82, 2.24) is 19.9 Å². The van der Waals surface area contributed by atoms with Crippen molar-refractivity contribution >= 4 is 54.4 Å². The highest BCUT2D eigenvalue weighted by molar-refractivity contribution is 6.13. The molecular formula is C44H26N4O. The molecule has 10 rings (SSSR count). The monoisotopic (exact) mass is 626 g/mol. The van der Waals surface area contributed by atoms with Crippen LogP contribution in [-0.4, -0.2) is 19.9 Å². The Hall–Kier alpha value is -6.72. The minimum absolute atomic E-state index is 0.594. The van der Waals surface area contributed by atoms with Gasteiger partial charge in [0.15, 0.2) is 17.5 Å². The maximum atomic E-state index is 6.03. The van der Waals surface area contributed by atoms with E-state index in [-0.39, 0.29) is 0 Å². The van der Waals surface area contributed by atoms with E-state index in [1.165, 1.54) is 21.7 Å². The lowest BCUT2D eigenvalue weighted by atomic mass is 9.97. The number of aromatic nitrogens is 4. The molecule has 0 fully saturated rings. The van der Waals surface area contributed by atoms with Crippen LogP contribution in [0.25, 0.3) is 99.7 Å². The van der Waals surface area contributed by atoms with Gasteiger partial charge in [0.05, 0.1) is 0 Å². The van der Waals surface area contributed by atoms with Gasteiger partial charge in [-0.2, -0.15) is 0 Å². The zero-order valence-electron chi connectivity index (χ0n) is 26.2. The fourth-order valence-electron chi connectivity index (χ4n) is 6.93. The Balaban J connectivity index is 1.17. The molecule has 5 heteroatoms. The Kier molecular flexibility index (Phi) is 6.11. The van der Waals surface area contributed by atoms with Crippen LogP contribution in [0.3, 0.4) is 0 Å². The lowest BCUT2D eigenvalue weighted by Gasteiger charge is -2.12. The molecule has 228 valence electrons. The highest BCUT2D eigenvalue weighted by Gasteiger charge is 2.17. The molecule has 0 radical (unpaired) electrons. The van der Waals surface area contributed by atoms with E-state index in [9.17, 15) is 0 Å². The number of nitrogens with zero attached hydrogens (tertiary/aromatic N) is 4. The first-order chi connectivity index (χ1) is 24.2. The lowest BCUT2D eigenvalue weighted by molar-refractivity contribution is 0.654. The van der Waals surface area contributed by atoms with Gasteiger partial charge in [-0.15, -0.1) is 0 Å². The molecule has 3 aromatic heterocycles. The summed E-state index contributed by atoms with van der Waals surface area (Å²) in [6.07, 6.45) is 1.75. The van der Waals surface area contributed by atoms with Crippen LogP contribution in [0.4, 0.5) is 0 Å². The first-order valence-corrected chi connectivity index (χ1v) is 16.3. The van der Waals surface area contributed by atoms with Crippen LogP contribution in [0.15, 0.2) is 162 Å². The van der Waals surface area contributed by atoms with Gasteiger partial charge >= 0.3 is 0 Å². The predicted molar refractivity (Wildman–Crippen MR) is 199 cm³/mol. The van der Waals surface area contributed by atoms with Gasteiger partial charge in [0.25, 0.3) is 0 Å². The Morgan fingerprint density at radius 2 is 1.04 bits per heavy atom. The second-order valence-electron chi connectivity index (χ2n) is 12.3.